The van der Waals surface area contributed by atoms with E-state index in [1.165, 1.54) is 12.4 Å². The largest absolute Gasteiger partial charge is 0.345 e. The minimum absolute atomic E-state index is 0.0110. The maximum absolute atomic E-state index is 13.4. The van der Waals surface area contributed by atoms with Gasteiger partial charge in [0.15, 0.2) is 11.2 Å². The lowest BCUT2D eigenvalue weighted by Gasteiger charge is -2.31. The quantitative estimate of drug-likeness (QED) is 0.309. The second-order valence-electron chi connectivity index (χ2n) is 5.43. The van der Waals surface area contributed by atoms with Gasteiger partial charge in [-0.1, -0.05) is 0 Å². The van der Waals surface area contributed by atoms with Crippen LogP contribution in [0.3, 0.4) is 0 Å². The van der Waals surface area contributed by atoms with Crippen molar-refractivity contribution in [3.05, 3.63) is 30.1 Å². The number of hydrogen-bond donors (Lipinski definition) is 0. The molecule has 0 atom stereocenters. The fourth-order valence-electron chi connectivity index (χ4n) is 2.57. The fourth-order valence-corrected chi connectivity index (χ4v) is 7.92. The highest BCUT2D eigenvalue weighted by Crippen LogP contribution is 2.71. The van der Waals surface area contributed by atoms with Crippen molar-refractivity contribution in [2.75, 3.05) is 26.4 Å². The Morgan fingerprint density at radius 1 is 0.889 bits per heavy atom. The topological polar surface area (TPSA) is 101 Å². The molecule has 0 aromatic carbocycles. The fraction of sp³-hybridized carbons (Fsp3) is 0.647. The first-order chi connectivity index (χ1) is 12.9. The SMILES string of the molecule is CCOP(=O)(OCC)C(CCC(=O)c1ccncc1)P(=O)(OCC)OCC. The van der Waals surface area contributed by atoms with E-state index in [0.717, 1.165) is 0 Å². The predicted molar refractivity (Wildman–Crippen MR) is 103 cm³/mol. The monoisotopic (exact) mass is 421 g/mol. The summed E-state index contributed by atoms with van der Waals surface area (Å²) >= 11 is 0. The average Bonchev–Trinajstić information content (AvgIpc) is 2.63. The maximum Gasteiger partial charge on any atom is 0.345 e. The van der Waals surface area contributed by atoms with Gasteiger partial charge in [-0.25, -0.2) is 0 Å². The van der Waals surface area contributed by atoms with Crippen LogP contribution in [0.1, 0.15) is 50.9 Å². The van der Waals surface area contributed by atoms with Crippen molar-refractivity contribution in [3.63, 3.8) is 0 Å². The van der Waals surface area contributed by atoms with Crippen LogP contribution in [0.25, 0.3) is 0 Å². The van der Waals surface area contributed by atoms with Crippen LogP contribution >= 0.6 is 15.2 Å². The molecule has 8 nitrogen and oxygen atoms in total. The van der Waals surface area contributed by atoms with Gasteiger partial charge in [-0.2, -0.15) is 0 Å². The molecule has 27 heavy (non-hydrogen) atoms. The highest BCUT2D eigenvalue weighted by molar-refractivity contribution is 7.72. The van der Waals surface area contributed by atoms with E-state index in [0.29, 0.717) is 5.56 Å². The molecule has 0 bridgehead atoms. The second kappa shape index (κ2) is 11.8. The predicted octanol–water partition coefficient (Wildman–Crippen LogP) is 4.90. The van der Waals surface area contributed by atoms with Gasteiger partial charge in [-0.3, -0.25) is 18.9 Å². The third-order valence-electron chi connectivity index (χ3n) is 3.60. The van der Waals surface area contributed by atoms with Crippen LogP contribution in [0.5, 0.6) is 0 Å². The number of hydrogen-bond acceptors (Lipinski definition) is 8. The third kappa shape index (κ3) is 6.90. The summed E-state index contributed by atoms with van der Waals surface area (Å²) in [6, 6.07) is 3.18. The molecule has 0 saturated heterocycles. The molecule has 1 aromatic rings. The van der Waals surface area contributed by atoms with Crippen LogP contribution in [-0.4, -0.2) is 42.6 Å². The summed E-state index contributed by atoms with van der Waals surface area (Å²) in [5.41, 5.74) is 0.467. The molecule has 1 heterocycles. The van der Waals surface area contributed by atoms with E-state index in [1.807, 2.05) is 0 Å². The summed E-state index contributed by atoms with van der Waals surface area (Å²) in [7, 11) is -7.67. The number of pyridine rings is 1. The van der Waals surface area contributed by atoms with Gasteiger partial charge in [0.25, 0.3) is 0 Å². The van der Waals surface area contributed by atoms with E-state index in [1.54, 1.807) is 39.8 Å². The van der Waals surface area contributed by atoms with Gasteiger partial charge in [0.1, 0.15) is 0 Å². The van der Waals surface area contributed by atoms with Gasteiger partial charge in [0, 0.05) is 24.4 Å². The van der Waals surface area contributed by atoms with Gasteiger partial charge >= 0.3 is 15.2 Å². The first kappa shape index (κ1) is 24.2. The highest BCUT2D eigenvalue weighted by Gasteiger charge is 2.50. The molecule has 1 aromatic heterocycles. The number of nitrogens with zero attached hydrogens (tertiary/aromatic N) is 1. The zero-order valence-electron chi connectivity index (χ0n) is 16.3. The molecule has 1 rings (SSSR count). The van der Waals surface area contributed by atoms with Gasteiger partial charge in [-0.05, 0) is 46.2 Å². The number of aromatic nitrogens is 1. The molecule has 0 fully saturated rings. The summed E-state index contributed by atoms with van der Waals surface area (Å²) in [6.45, 7) is 7.06. The number of Topliss-reactive ketones (excluding diaryl/α,β-unsaturated/α-hetero) is 1. The van der Waals surface area contributed by atoms with Crippen molar-refractivity contribution in [2.24, 2.45) is 0 Å². The Kier molecular flexibility index (Phi) is 10.6. The summed E-state index contributed by atoms with van der Waals surface area (Å²) < 4.78 is 48.3. The minimum Gasteiger partial charge on any atom is -0.308 e. The van der Waals surface area contributed by atoms with Crippen molar-refractivity contribution in [1.29, 1.82) is 0 Å². The Morgan fingerprint density at radius 3 is 1.67 bits per heavy atom. The lowest BCUT2D eigenvalue weighted by molar-refractivity contribution is 0.0979. The van der Waals surface area contributed by atoms with Crippen LogP contribution in [0, 0.1) is 0 Å². The minimum atomic E-state index is -3.84. The molecule has 0 aliphatic heterocycles. The molecule has 0 saturated carbocycles. The van der Waals surface area contributed by atoms with Gasteiger partial charge in [-0.15, -0.1) is 0 Å². The normalized spacial score (nSPS) is 12.5. The molecule has 0 N–H and O–H groups in total. The molecule has 0 aliphatic carbocycles. The van der Waals surface area contributed by atoms with E-state index in [2.05, 4.69) is 4.98 Å². The molecule has 0 spiro atoms. The Balaban J connectivity index is 3.17. The molecule has 154 valence electrons. The first-order valence-electron chi connectivity index (χ1n) is 9.07. The Bertz CT molecular complexity index is 619. The van der Waals surface area contributed by atoms with Crippen molar-refractivity contribution in [1.82, 2.24) is 4.98 Å². The van der Waals surface area contributed by atoms with E-state index < -0.39 is 20.6 Å². The number of carbonyl (C=O) groups excluding carboxylic acids is 1. The summed E-state index contributed by atoms with van der Waals surface area (Å²) in [4.78, 5) is 16.3. The summed E-state index contributed by atoms with van der Waals surface area (Å²) in [6.07, 6.45) is 3.00. The molecular formula is C17H29NO7P2. The lowest BCUT2D eigenvalue weighted by Crippen LogP contribution is -2.19. The van der Waals surface area contributed by atoms with E-state index in [-0.39, 0.29) is 45.1 Å². The van der Waals surface area contributed by atoms with Crippen molar-refractivity contribution < 1.29 is 32.0 Å². The zero-order chi connectivity index (χ0) is 20.3. The van der Waals surface area contributed by atoms with Crippen LogP contribution in [0.15, 0.2) is 24.5 Å². The van der Waals surface area contributed by atoms with E-state index >= 15 is 0 Å². The number of rotatable bonds is 14. The van der Waals surface area contributed by atoms with Crippen LogP contribution < -0.4 is 0 Å². The number of ketones is 1. The standard InChI is InChI=1S/C17H29NO7P2/c1-5-22-26(20,23-6-2)17(27(21,24-7-3)25-8-4)10-9-16(19)15-11-13-18-14-12-15/h11-14,17H,5-10H2,1-4H3. The van der Waals surface area contributed by atoms with Gasteiger partial charge < -0.3 is 18.1 Å². The summed E-state index contributed by atoms with van der Waals surface area (Å²) in [5.74, 6) is -0.193. The molecular weight excluding hydrogens is 392 g/mol. The molecule has 0 amide bonds. The Labute approximate surface area is 161 Å². The van der Waals surface area contributed by atoms with Gasteiger partial charge in [0.2, 0.25) is 0 Å². The lowest BCUT2D eigenvalue weighted by atomic mass is 10.1. The first-order valence-corrected chi connectivity index (χ1v) is 12.3. The zero-order valence-corrected chi connectivity index (χ0v) is 18.1. The van der Waals surface area contributed by atoms with Gasteiger partial charge in [0.05, 0.1) is 26.4 Å². The molecule has 0 radical (unpaired) electrons. The highest BCUT2D eigenvalue weighted by atomic mass is 31.2. The third-order valence-corrected chi connectivity index (χ3v) is 9.74. The Morgan fingerprint density at radius 2 is 1.30 bits per heavy atom. The van der Waals surface area contributed by atoms with Crippen LogP contribution in [0.4, 0.5) is 0 Å². The average molecular weight is 421 g/mol. The van der Waals surface area contributed by atoms with Crippen LogP contribution in [-0.2, 0) is 27.2 Å². The smallest absolute Gasteiger partial charge is 0.308 e. The van der Waals surface area contributed by atoms with Crippen molar-refractivity contribution in [2.45, 2.75) is 45.9 Å². The molecule has 0 unspecified atom stereocenters. The van der Waals surface area contributed by atoms with E-state index in [4.69, 9.17) is 18.1 Å². The molecule has 10 heteroatoms. The Hall–Kier alpha value is -0.880. The van der Waals surface area contributed by atoms with Crippen LogP contribution in [0.2, 0.25) is 0 Å². The molecule has 0 aliphatic rings. The van der Waals surface area contributed by atoms with Crippen molar-refractivity contribution in [3.8, 4) is 0 Å². The maximum atomic E-state index is 13.4. The van der Waals surface area contributed by atoms with Crippen molar-refractivity contribution >= 4 is 21.0 Å². The second-order valence-corrected chi connectivity index (χ2v) is 10.3. The summed E-state index contributed by atoms with van der Waals surface area (Å²) in [5, 5.41) is -1.18. The number of carbonyl (C=O) groups is 1. The van der Waals surface area contributed by atoms with E-state index in [9.17, 15) is 13.9 Å².